The zero-order valence-corrected chi connectivity index (χ0v) is 12.3. The molecule has 0 aliphatic heterocycles. The van der Waals surface area contributed by atoms with Crippen LogP contribution < -0.4 is 5.32 Å². The van der Waals surface area contributed by atoms with Crippen molar-refractivity contribution < 1.29 is 9.18 Å². The predicted octanol–water partition coefficient (Wildman–Crippen LogP) is 3.18. The monoisotopic (exact) mass is 305 g/mol. The van der Waals surface area contributed by atoms with Gasteiger partial charge in [-0.05, 0) is 31.2 Å². The lowest BCUT2D eigenvalue weighted by atomic mass is 10.1. The van der Waals surface area contributed by atoms with Crippen molar-refractivity contribution in [2.45, 2.75) is 13.0 Å². The summed E-state index contributed by atoms with van der Waals surface area (Å²) < 4.78 is 15.3. The Morgan fingerprint density at radius 3 is 2.71 bits per heavy atom. The second-order valence-corrected chi connectivity index (χ2v) is 5.01. The maximum Gasteiger partial charge on any atom is 0.268 e. The number of carbonyl (C=O) groups excluding carboxylic acids is 1. The third kappa shape index (κ3) is 2.91. The molecule has 0 radical (unpaired) electrons. The van der Waals surface area contributed by atoms with E-state index < -0.39 is 17.8 Å². The van der Waals surface area contributed by atoms with E-state index in [0.29, 0.717) is 11.4 Å². The van der Waals surface area contributed by atoms with Crippen LogP contribution in [-0.4, -0.2) is 10.5 Å². The van der Waals surface area contributed by atoms with Crippen LogP contribution in [0.2, 0.25) is 5.02 Å². The molecule has 0 fully saturated rings. The van der Waals surface area contributed by atoms with Crippen molar-refractivity contribution in [2.24, 2.45) is 7.05 Å². The lowest BCUT2D eigenvalue weighted by Crippen LogP contribution is -2.29. The van der Waals surface area contributed by atoms with Crippen molar-refractivity contribution in [3.63, 3.8) is 0 Å². The minimum absolute atomic E-state index is 0.238. The summed E-state index contributed by atoms with van der Waals surface area (Å²) in [6.45, 7) is 1.65. The molecule has 1 N–H and O–H groups in total. The molecule has 4 nitrogen and oxygen atoms in total. The van der Waals surface area contributed by atoms with Gasteiger partial charge in [0, 0.05) is 17.6 Å². The van der Waals surface area contributed by atoms with Crippen molar-refractivity contribution in [1.82, 2.24) is 9.88 Å². The van der Waals surface area contributed by atoms with Crippen LogP contribution in [0.3, 0.4) is 0 Å². The van der Waals surface area contributed by atoms with Crippen LogP contribution >= 0.6 is 11.6 Å². The van der Waals surface area contributed by atoms with Crippen LogP contribution in [0.5, 0.6) is 0 Å². The van der Waals surface area contributed by atoms with E-state index in [0.717, 1.165) is 0 Å². The minimum Gasteiger partial charge on any atom is -0.344 e. The zero-order valence-electron chi connectivity index (χ0n) is 11.5. The molecule has 6 heteroatoms. The number of nitrogens with zero attached hydrogens (tertiary/aromatic N) is 2. The molecule has 0 aliphatic carbocycles. The fourth-order valence-electron chi connectivity index (χ4n) is 2.12. The van der Waals surface area contributed by atoms with Gasteiger partial charge in [-0.2, -0.15) is 5.26 Å². The highest BCUT2D eigenvalue weighted by atomic mass is 35.5. The molecule has 1 atom stereocenters. The first-order valence-electron chi connectivity index (χ1n) is 6.26. The van der Waals surface area contributed by atoms with E-state index in [9.17, 15) is 9.18 Å². The van der Waals surface area contributed by atoms with Gasteiger partial charge in [-0.15, -0.1) is 0 Å². The summed E-state index contributed by atoms with van der Waals surface area (Å²) in [4.78, 5) is 12.2. The maximum atomic E-state index is 13.8. The fourth-order valence-corrected chi connectivity index (χ4v) is 2.45. The third-order valence-electron chi connectivity index (χ3n) is 3.25. The number of hydrogen-bond donors (Lipinski definition) is 1. The Morgan fingerprint density at radius 2 is 2.14 bits per heavy atom. The van der Waals surface area contributed by atoms with Gasteiger partial charge in [-0.1, -0.05) is 17.7 Å². The summed E-state index contributed by atoms with van der Waals surface area (Å²) in [6.07, 6.45) is 0. The minimum atomic E-state index is -0.591. The highest BCUT2D eigenvalue weighted by Gasteiger charge is 2.19. The van der Waals surface area contributed by atoms with Crippen molar-refractivity contribution in [2.75, 3.05) is 0 Å². The molecular weight excluding hydrogens is 293 g/mol. The average molecular weight is 306 g/mol. The molecule has 1 heterocycles. The lowest BCUT2D eigenvalue weighted by Gasteiger charge is -2.16. The number of nitrogens with one attached hydrogen (secondary N) is 1. The summed E-state index contributed by atoms with van der Waals surface area (Å²) in [5.41, 5.74) is 0.935. The SMILES string of the molecule is C[C@H](NC(=O)c1ccc(C#N)n1C)c1c(F)cccc1Cl. The van der Waals surface area contributed by atoms with Crippen LogP contribution in [-0.2, 0) is 7.05 Å². The predicted molar refractivity (Wildman–Crippen MR) is 77.4 cm³/mol. The van der Waals surface area contributed by atoms with Crippen LogP contribution in [0.15, 0.2) is 30.3 Å². The third-order valence-corrected chi connectivity index (χ3v) is 3.58. The van der Waals surface area contributed by atoms with E-state index in [-0.39, 0.29) is 10.6 Å². The van der Waals surface area contributed by atoms with E-state index >= 15 is 0 Å². The van der Waals surface area contributed by atoms with E-state index in [1.54, 1.807) is 32.2 Å². The molecule has 21 heavy (non-hydrogen) atoms. The summed E-state index contributed by atoms with van der Waals surface area (Å²) in [5.74, 6) is -0.870. The molecule has 0 unspecified atom stereocenters. The van der Waals surface area contributed by atoms with E-state index in [2.05, 4.69) is 5.32 Å². The first kappa shape index (κ1) is 15.1. The molecule has 2 aromatic rings. The molecule has 0 spiro atoms. The first-order valence-corrected chi connectivity index (χ1v) is 6.64. The quantitative estimate of drug-likeness (QED) is 0.947. The Labute approximate surface area is 126 Å². The Morgan fingerprint density at radius 1 is 1.43 bits per heavy atom. The number of nitriles is 1. The van der Waals surface area contributed by atoms with Gasteiger partial charge < -0.3 is 9.88 Å². The standard InChI is InChI=1S/C15H13ClFN3O/c1-9(14-11(16)4-3-5-12(14)17)19-15(21)13-7-6-10(8-18)20(13)2/h3-7,9H,1-2H3,(H,19,21)/t9-/m0/s1. The zero-order chi connectivity index (χ0) is 15.6. The summed E-state index contributed by atoms with van der Waals surface area (Å²) >= 11 is 5.97. The first-order chi connectivity index (χ1) is 9.95. The van der Waals surface area contributed by atoms with Crippen molar-refractivity contribution in [3.05, 3.63) is 58.1 Å². The Bertz CT molecular complexity index is 713. The summed E-state index contributed by atoms with van der Waals surface area (Å²) in [7, 11) is 1.62. The maximum absolute atomic E-state index is 13.8. The Hall–Kier alpha value is -2.32. The highest BCUT2D eigenvalue weighted by molar-refractivity contribution is 6.31. The number of halogens is 2. The molecular formula is C15H13ClFN3O. The van der Waals surface area contributed by atoms with Crippen LogP contribution in [0.1, 0.15) is 34.7 Å². The molecule has 0 bridgehead atoms. The van der Waals surface area contributed by atoms with Gasteiger partial charge in [-0.3, -0.25) is 4.79 Å². The molecule has 1 amide bonds. The largest absolute Gasteiger partial charge is 0.344 e. The molecule has 0 saturated carbocycles. The van der Waals surface area contributed by atoms with Crippen molar-refractivity contribution in [1.29, 1.82) is 5.26 Å². The normalized spacial score (nSPS) is 11.8. The smallest absolute Gasteiger partial charge is 0.268 e. The number of carbonyl (C=O) groups is 1. The lowest BCUT2D eigenvalue weighted by molar-refractivity contribution is 0.0931. The molecule has 0 saturated heterocycles. The van der Waals surface area contributed by atoms with Gasteiger partial charge in [0.15, 0.2) is 0 Å². The highest BCUT2D eigenvalue weighted by Crippen LogP contribution is 2.25. The van der Waals surface area contributed by atoms with Gasteiger partial charge in [-0.25, -0.2) is 4.39 Å². The van der Waals surface area contributed by atoms with Crippen molar-refractivity contribution >= 4 is 17.5 Å². The average Bonchev–Trinajstić information content (AvgIpc) is 2.79. The number of amides is 1. The second-order valence-electron chi connectivity index (χ2n) is 4.61. The second kappa shape index (κ2) is 5.98. The number of benzene rings is 1. The molecule has 0 aliphatic rings. The molecule has 108 valence electrons. The molecule has 1 aromatic heterocycles. The van der Waals surface area contributed by atoms with Crippen LogP contribution in [0.25, 0.3) is 0 Å². The van der Waals surface area contributed by atoms with Gasteiger partial charge in [0.25, 0.3) is 5.91 Å². The van der Waals surface area contributed by atoms with Gasteiger partial charge in [0.1, 0.15) is 23.3 Å². The fraction of sp³-hybridized carbons (Fsp3) is 0.200. The van der Waals surface area contributed by atoms with Crippen LogP contribution in [0, 0.1) is 17.1 Å². The van der Waals surface area contributed by atoms with E-state index in [1.807, 2.05) is 6.07 Å². The Kier molecular flexibility index (Phi) is 4.29. The van der Waals surface area contributed by atoms with E-state index in [4.69, 9.17) is 16.9 Å². The number of hydrogen-bond acceptors (Lipinski definition) is 2. The van der Waals surface area contributed by atoms with Gasteiger partial charge in [0.05, 0.1) is 6.04 Å². The van der Waals surface area contributed by atoms with Gasteiger partial charge in [0.2, 0.25) is 0 Å². The van der Waals surface area contributed by atoms with Crippen molar-refractivity contribution in [3.8, 4) is 6.07 Å². The molecule has 1 aromatic carbocycles. The molecule has 2 rings (SSSR count). The number of rotatable bonds is 3. The van der Waals surface area contributed by atoms with Crippen LogP contribution in [0.4, 0.5) is 4.39 Å². The summed E-state index contributed by atoms with van der Waals surface area (Å²) in [6, 6.07) is 8.85. The van der Waals surface area contributed by atoms with Gasteiger partial charge >= 0.3 is 0 Å². The topological polar surface area (TPSA) is 57.8 Å². The Balaban J connectivity index is 2.23. The summed E-state index contributed by atoms with van der Waals surface area (Å²) in [5, 5.41) is 11.8. The van der Waals surface area contributed by atoms with E-state index in [1.165, 1.54) is 16.7 Å². The number of aromatic nitrogens is 1.